The highest BCUT2D eigenvalue weighted by Gasteiger charge is 2.36. The molecule has 208 valence electrons. The van der Waals surface area contributed by atoms with E-state index in [0.717, 1.165) is 10.4 Å². The molecule has 11 heteroatoms. The summed E-state index contributed by atoms with van der Waals surface area (Å²) in [6.07, 6.45) is 0. The molecular weight excluding hydrogens is 535 g/mol. The van der Waals surface area contributed by atoms with E-state index >= 15 is 0 Å². The zero-order chi connectivity index (χ0) is 29.0. The molecule has 1 unspecified atom stereocenters. The van der Waals surface area contributed by atoms with Crippen LogP contribution in [0.4, 0.5) is 10.1 Å². The van der Waals surface area contributed by atoms with Crippen LogP contribution in [0.15, 0.2) is 66.7 Å². The van der Waals surface area contributed by atoms with Crippen LogP contribution >= 0.6 is 11.6 Å². The number of hydrogen-bond acceptors (Lipinski definition) is 6. The first-order valence-electron chi connectivity index (χ1n) is 12.5. The van der Waals surface area contributed by atoms with E-state index in [4.69, 9.17) is 16.3 Å². The Bertz CT molecular complexity index is 1500. The summed E-state index contributed by atoms with van der Waals surface area (Å²) in [6.45, 7) is 7.13. The number of tetrazole rings is 1. The Kier molecular flexibility index (Phi) is 8.49. The number of amides is 2. The van der Waals surface area contributed by atoms with Crippen LogP contribution in [-0.4, -0.2) is 44.7 Å². The predicted molar refractivity (Wildman–Crippen MR) is 151 cm³/mol. The number of halogens is 2. The molecular formula is C29H30ClFN6O3. The fourth-order valence-corrected chi connectivity index (χ4v) is 4.25. The summed E-state index contributed by atoms with van der Waals surface area (Å²) in [7, 11) is 1.50. The van der Waals surface area contributed by atoms with Crippen molar-refractivity contribution >= 4 is 29.1 Å². The van der Waals surface area contributed by atoms with E-state index in [2.05, 4.69) is 20.7 Å². The molecule has 4 aromatic rings. The first kappa shape index (κ1) is 28.7. The van der Waals surface area contributed by atoms with Gasteiger partial charge < -0.3 is 10.1 Å². The van der Waals surface area contributed by atoms with E-state index in [9.17, 15) is 14.0 Å². The first-order valence-corrected chi connectivity index (χ1v) is 12.9. The summed E-state index contributed by atoms with van der Waals surface area (Å²) >= 11 is 6.15. The molecule has 0 saturated carbocycles. The Balaban J connectivity index is 1.80. The van der Waals surface area contributed by atoms with Crippen molar-refractivity contribution in [3.63, 3.8) is 0 Å². The summed E-state index contributed by atoms with van der Waals surface area (Å²) in [4.78, 5) is 30.5. The molecule has 1 aromatic heterocycles. The number of nitrogens with zero attached hydrogens (tertiary/aromatic N) is 5. The van der Waals surface area contributed by atoms with Gasteiger partial charge >= 0.3 is 0 Å². The third-order valence-electron chi connectivity index (χ3n) is 5.89. The van der Waals surface area contributed by atoms with Crippen molar-refractivity contribution in [2.45, 2.75) is 45.8 Å². The molecule has 40 heavy (non-hydrogen) atoms. The Hall–Kier alpha value is -4.31. The number of aromatic nitrogens is 4. The van der Waals surface area contributed by atoms with Crippen molar-refractivity contribution in [3.8, 4) is 17.1 Å². The van der Waals surface area contributed by atoms with Gasteiger partial charge in [0.15, 0.2) is 0 Å². The largest absolute Gasteiger partial charge is 0.495 e. The van der Waals surface area contributed by atoms with Crippen molar-refractivity contribution in [2.75, 3.05) is 12.0 Å². The van der Waals surface area contributed by atoms with Gasteiger partial charge in [0.2, 0.25) is 11.7 Å². The molecule has 0 radical (unpaired) electrons. The minimum atomic E-state index is -1.08. The molecule has 9 nitrogen and oxygen atoms in total. The van der Waals surface area contributed by atoms with Crippen molar-refractivity contribution < 1.29 is 18.7 Å². The van der Waals surface area contributed by atoms with Crippen LogP contribution in [-0.2, 0) is 16.1 Å². The zero-order valence-corrected chi connectivity index (χ0v) is 23.6. The maximum absolute atomic E-state index is 14.1. The van der Waals surface area contributed by atoms with E-state index in [1.54, 1.807) is 36.4 Å². The van der Waals surface area contributed by atoms with Gasteiger partial charge in [-0.25, -0.2) is 4.39 Å². The van der Waals surface area contributed by atoms with Gasteiger partial charge in [0.25, 0.3) is 5.91 Å². The van der Waals surface area contributed by atoms with Crippen molar-refractivity contribution in [1.29, 1.82) is 0 Å². The highest BCUT2D eigenvalue weighted by atomic mass is 35.5. The highest BCUT2D eigenvalue weighted by Crippen LogP contribution is 2.36. The normalized spacial score (nSPS) is 12.1. The monoisotopic (exact) mass is 564 g/mol. The first-order chi connectivity index (χ1) is 18.9. The Morgan fingerprint density at radius 3 is 2.38 bits per heavy atom. The smallest absolute Gasteiger partial charge is 0.251 e. The van der Waals surface area contributed by atoms with Crippen LogP contribution in [0.25, 0.3) is 11.4 Å². The number of nitrogens with one attached hydrogen (secondary N) is 1. The Morgan fingerprint density at radius 2 is 1.75 bits per heavy atom. The summed E-state index contributed by atoms with van der Waals surface area (Å²) in [5.74, 6) is -0.649. The van der Waals surface area contributed by atoms with Gasteiger partial charge in [-0.15, -0.1) is 10.2 Å². The number of anilines is 1. The van der Waals surface area contributed by atoms with Crippen LogP contribution in [0.1, 0.15) is 37.9 Å². The number of carbonyl (C=O) groups excluding carboxylic acids is 2. The molecule has 3 aromatic carbocycles. The second kappa shape index (κ2) is 11.8. The fourth-order valence-electron chi connectivity index (χ4n) is 4.13. The molecule has 0 bridgehead atoms. The lowest BCUT2D eigenvalue weighted by molar-refractivity contribution is -0.128. The van der Waals surface area contributed by atoms with E-state index < -0.39 is 29.2 Å². The van der Waals surface area contributed by atoms with Crippen LogP contribution < -0.4 is 15.0 Å². The van der Waals surface area contributed by atoms with Gasteiger partial charge in [-0.05, 0) is 92.6 Å². The van der Waals surface area contributed by atoms with Crippen molar-refractivity contribution in [1.82, 2.24) is 25.5 Å². The summed E-state index contributed by atoms with van der Waals surface area (Å²) < 4.78 is 19.0. The van der Waals surface area contributed by atoms with E-state index in [0.29, 0.717) is 27.6 Å². The number of aryl methyl sites for hydroxylation is 1. The summed E-state index contributed by atoms with van der Waals surface area (Å²) in [6, 6.07) is 16.7. The second-order valence-electron chi connectivity index (χ2n) is 10.3. The maximum atomic E-state index is 14.1. The molecule has 0 fully saturated rings. The minimum absolute atomic E-state index is 0.229. The molecule has 0 aliphatic rings. The van der Waals surface area contributed by atoms with Crippen molar-refractivity contribution in [2.24, 2.45) is 0 Å². The van der Waals surface area contributed by atoms with Crippen LogP contribution in [0.5, 0.6) is 5.75 Å². The van der Waals surface area contributed by atoms with Gasteiger partial charge in [-0.3, -0.25) is 14.5 Å². The van der Waals surface area contributed by atoms with Crippen LogP contribution in [0.2, 0.25) is 5.02 Å². The standard InChI is InChI=1S/C29H30ClFN6O3/c1-18-6-15-24(40-5)23(16-18)37(26(28(39)32-29(2,3)4)19-7-11-21(30)12-8-19)25(38)17-36-34-27(33-35-36)20-9-13-22(31)14-10-20/h6-16,26H,17H2,1-5H3,(H,32,39). The SMILES string of the molecule is COc1ccc(C)cc1N(C(=O)Cn1nnc(-c2ccc(F)cc2)n1)C(C(=O)NC(C)(C)C)c1ccc(Cl)cc1. The predicted octanol–water partition coefficient (Wildman–Crippen LogP) is 5.14. The molecule has 1 atom stereocenters. The number of ether oxygens (including phenoxy) is 1. The summed E-state index contributed by atoms with van der Waals surface area (Å²) in [5.41, 5.74) is 1.76. The second-order valence-corrected chi connectivity index (χ2v) is 10.7. The third kappa shape index (κ3) is 6.81. The lowest BCUT2D eigenvalue weighted by Gasteiger charge is -2.34. The van der Waals surface area contributed by atoms with E-state index in [1.807, 2.05) is 33.8 Å². The van der Waals surface area contributed by atoms with Gasteiger partial charge in [0, 0.05) is 16.1 Å². The average molecular weight is 565 g/mol. The zero-order valence-electron chi connectivity index (χ0n) is 22.9. The molecule has 4 rings (SSSR count). The quantitative estimate of drug-likeness (QED) is 0.318. The number of methoxy groups -OCH3 is 1. The number of benzene rings is 3. The highest BCUT2D eigenvalue weighted by molar-refractivity contribution is 6.30. The molecule has 0 aliphatic carbocycles. The molecule has 2 amide bonds. The molecule has 1 heterocycles. The average Bonchev–Trinajstić information content (AvgIpc) is 3.35. The van der Waals surface area contributed by atoms with E-state index in [1.165, 1.54) is 36.3 Å². The number of carbonyl (C=O) groups is 2. The van der Waals surface area contributed by atoms with Crippen LogP contribution in [0.3, 0.4) is 0 Å². The Morgan fingerprint density at radius 1 is 1.07 bits per heavy atom. The third-order valence-corrected chi connectivity index (χ3v) is 6.14. The topological polar surface area (TPSA) is 102 Å². The van der Waals surface area contributed by atoms with Gasteiger partial charge in [0.05, 0.1) is 12.8 Å². The summed E-state index contributed by atoms with van der Waals surface area (Å²) in [5, 5.41) is 15.8. The molecule has 0 saturated heterocycles. The van der Waals surface area contributed by atoms with E-state index in [-0.39, 0.29) is 12.4 Å². The molecule has 1 N–H and O–H groups in total. The van der Waals surface area contributed by atoms with Crippen molar-refractivity contribution in [3.05, 3.63) is 88.7 Å². The Labute approximate surface area is 236 Å². The minimum Gasteiger partial charge on any atom is -0.495 e. The lowest BCUT2D eigenvalue weighted by atomic mass is 10.00. The maximum Gasteiger partial charge on any atom is 0.251 e. The van der Waals surface area contributed by atoms with Gasteiger partial charge in [-0.1, -0.05) is 29.8 Å². The number of rotatable bonds is 8. The van der Waals surface area contributed by atoms with Gasteiger partial charge in [-0.2, -0.15) is 4.80 Å². The number of hydrogen-bond donors (Lipinski definition) is 1. The molecule has 0 aliphatic heterocycles. The molecule has 0 spiro atoms. The fraction of sp³-hybridized carbons (Fsp3) is 0.276. The van der Waals surface area contributed by atoms with Crippen LogP contribution in [0, 0.1) is 12.7 Å². The van der Waals surface area contributed by atoms with Gasteiger partial charge in [0.1, 0.15) is 24.2 Å². The lowest BCUT2D eigenvalue weighted by Crippen LogP contribution is -2.50.